The van der Waals surface area contributed by atoms with E-state index in [0.717, 1.165) is 48.9 Å². The third-order valence-electron chi connectivity index (χ3n) is 7.31. The molecule has 0 bridgehead atoms. The van der Waals surface area contributed by atoms with Crippen molar-refractivity contribution in [1.29, 1.82) is 0 Å². The molecule has 5 rings (SSSR count). The molecule has 2 aliphatic rings. The van der Waals surface area contributed by atoms with E-state index >= 15 is 0 Å². The van der Waals surface area contributed by atoms with E-state index in [2.05, 4.69) is 24.0 Å². The maximum absolute atomic E-state index is 14.9. The number of nitrogens with zero attached hydrogens (tertiary/aromatic N) is 1. The number of carbonyl (C=O) groups excluding carboxylic acids is 1. The number of ether oxygens (including phenoxy) is 1. The van der Waals surface area contributed by atoms with Gasteiger partial charge in [-0.15, -0.1) is 0 Å². The van der Waals surface area contributed by atoms with Crippen molar-refractivity contribution < 1.29 is 45.4 Å². The minimum atomic E-state index is -5.08. The lowest BCUT2D eigenvalue weighted by molar-refractivity contribution is -0.192. The first kappa shape index (κ1) is 35.5. The molecule has 8 nitrogen and oxygen atoms in total. The van der Waals surface area contributed by atoms with E-state index < -0.39 is 33.9 Å². The highest BCUT2D eigenvalue weighted by molar-refractivity contribution is 7.89. The second-order valence-electron chi connectivity index (χ2n) is 11.7. The Balaban J connectivity index is 0.000000617. The van der Waals surface area contributed by atoms with Gasteiger partial charge in [-0.2, -0.15) is 13.2 Å². The summed E-state index contributed by atoms with van der Waals surface area (Å²) in [5, 5.41) is 8.28. The van der Waals surface area contributed by atoms with Crippen LogP contribution in [0.25, 0.3) is 0 Å². The topological polar surface area (TPSA) is 113 Å². The van der Waals surface area contributed by atoms with Gasteiger partial charge in [0.2, 0.25) is 10.0 Å². The maximum Gasteiger partial charge on any atom is 0.490 e. The summed E-state index contributed by atoms with van der Waals surface area (Å²) in [7, 11) is -3.82. The smallest absolute Gasteiger partial charge is 0.490 e. The number of likely N-dealkylation sites (tertiary alicyclic amines) is 1. The molecule has 2 fully saturated rings. The van der Waals surface area contributed by atoms with Gasteiger partial charge >= 0.3 is 12.1 Å². The number of hydrogen-bond donors (Lipinski definition) is 2. The van der Waals surface area contributed by atoms with Crippen LogP contribution in [0.5, 0.6) is 5.75 Å². The third-order valence-corrected chi connectivity index (χ3v) is 8.30. The largest absolute Gasteiger partial charge is 0.493 e. The summed E-state index contributed by atoms with van der Waals surface area (Å²) in [6, 6.07) is 18.3. The number of nitrogens with one attached hydrogen (secondary N) is 1. The van der Waals surface area contributed by atoms with Gasteiger partial charge < -0.3 is 9.84 Å². The van der Waals surface area contributed by atoms with E-state index in [9.17, 15) is 30.8 Å². The summed E-state index contributed by atoms with van der Waals surface area (Å²) in [6.45, 7) is 3.94. The first-order chi connectivity index (χ1) is 21.3. The van der Waals surface area contributed by atoms with E-state index in [4.69, 9.17) is 37.8 Å². The monoisotopic (exact) mass is 704 g/mol. The minimum Gasteiger partial charge on any atom is -0.493 e. The van der Waals surface area contributed by atoms with E-state index in [1.807, 2.05) is 35.1 Å². The number of sulfonamides is 1. The molecular formula is C31H30Cl2F4N2O6S. The molecule has 46 heavy (non-hydrogen) atoms. The second-order valence-corrected chi connectivity index (χ2v) is 14.3. The normalized spacial score (nSPS) is 16.8. The Labute approximate surface area is 273 Å². The highest BCUT2D eigenvalue weighted by Gasteiger charge is 2.44. The lowest BCUT2D eigenvalue weighted by atomic mass is 9.79. The van der Waals surface area contributed by atoms with Crippen LogP contribution in [-0.4, -0.2) is 62.4 Å². The zero-order valence-electron chi connectivity index (χ0n) is 24.6. The molecule has 0 aromatic heterocycles. The van der Waals surface area contributed by atoms with Gasteiger partial charge in [0.15, 0.2) is 0 Å². The molecule has 1 heterocycles. The lowest BCUT2D eigenvalue weighted by Crippen LogP contribution is -2.58. The fraction of sp³-hybridized carbons (Fsp3) is 0.355. The van der Waals surface area contributed by atoms with Crippen molar-refractivity contribution in [3.63, 3.8) is 0 Å². The van der Waals surface area contributed by atoms with Crippen molar-refractivity contribution in [2.45, 2.75) is 37.9 Å². The van der Waals surface area contributed by atoms with Gasteiger partial charge in [0, 0.05) is 34.6 Å². The predicted octanol–water partition coefficient (Wildman–Crippen LogP) is 6.82. The van der Waals surface area contributed by atoms with E-state index in [0.29, 0.717) is 22.4 Å². The summed E-state index contributed by atoms with van der Waals surface area (Å²) >= 11 is 12.7. The van der Waals surface area contributed by atoms with E-state index in [-0.39, 0.29) is 22.9 Å². The maximum atomic E-state index is 14.9. The standard InChI is InChI=1S/C29H29Cl2FN2O4S.C2HF3O2/c1-29(15-34(16-29)27(19-6-4-3-5-7-19)20-10-21(30)12-22(31)11-20)17-38-26-14-25(32)24(13-23(26)18-8-9-18)28(35)33-39(2,36)37;3-2(4,5)1(6)7/h3-7,10-14,18,27H,8-9,15-17H2,1-2H3,(H,33,35);(H,6,7). The fourth-order valence-electron chi connectivity index (χ4n) is 5.25. The zero-order chi connectivity index (χ0) is 34.0. The molecule has 3 aromatic rings. The Hall–Kier alpha value is -3.39. The van der Waals surface area contributed by atoms with Gasteiger partial charge in [-0.1, -0.05) is 60.5 Å². The van der Waals surface area contributed by atoms with Crippen LogP contribution in [0.2, 0.25) is 10.0 Å². The highest BCUT2D eigenvalue weighted by Crippen LogP contribution is 2.46. The van der Waals surface area contributed by atoms with Crippen LogP contribution in [0, 0.1) is 11.2 Å². The molecule has 248 valence electrons. The number of alkyl halides is 3. The number of carboxylic acids is 1. The minimum absolute atomic E-state index is 0.0393. The number of aliphatic carboxylic acids is 1. The average Bonchev–Trinajstić information content (AvgIpc) is 3.75. The van der Waals surface area contributed by atoms with Crippen molar-refractivity contribution in [2.24, 2.45) is 5.41 Å². The fourth-order valence-corrected chi connectivity index (χ4v) is 6.24. The zero-order valence-corrected chi connectivity index (χ0v) is 26.9. The highest BCUT2D eigenvalue weighted by atomic mass is 35.5. The van der Waals surface area contributed by atoms with Crippen molar-refractivity contribution in [3.05, 3.63) is 98.8 Å². The van der Waals surface area contributed by atoms with Gasteiger partial charge in [0.05, 0.1) is 24.5 Å². The summed E-state index contributed by atoms with van der Waals surface area (Å²) in [5.74, 6) is -4.01. The van der Waals surface area contributed by atoms with Crippen LogP contribution in [0.3, 0.4) is 0 Å². The number of carbonyl (C=O) groups is 2. The van der Waals surface area contributed by atoms with Crippen molar-refractivity contribution in [2.75, 3.05) is 26.0 Å². The summed E-state index contributed by atoms with van der Waals surface area (Å²) in [4.78, 5) is 23.6. The molecular weight excluding hydrogens is 675 g/mol. The molecule has 1 aliphatic heterocycles. The molecule has 15 heteroatoms. The Morgan fingerprint density at radius 3 is 2.11 bits per heavy atom. The quantitative estimate of drug-likeness (QED) is 0.235. The Bertz CT molecular complexity index is 1690. The summed E-state index contributed by atoms with van der Waals surface area (Å²) < 4.78 is 77.6. The van der Waals surface area contributed by atoms with Crippen LogP contribution in [-0.2, 0) is 14.8 Å². The number of carboxylic acid groups (broad SMARTS) is 1. The van der Waals surface area contributed by atoms with Crippen LogP contribution < -0.4 is 9.46 Å². The molecule has 3 aromatic carbocycles. The molecule has 1 unspecified atom stereocenters. The number of hydrogen-bond acceptors (Lipinski definition) is 6. The molecule has 1 atom stereocenters. The number of halogens is 6. The summed E-state index contributed by atoms with van der Waals surface area (Å²) in [6.07, 6.45) is -2.42. The average molecular weight is 706 g/mol. The summed E-state index contributed by atoms with van der Waals surface area (Å²) in [5.41, 5.74) is 2.36. The molecule has 0 spiro atoms. The molecule has 0 radical (unpaired) electrons. The van der Waals surface area contributed by atoms with Crippen molar-refractivity contribution in [1.82, 2.24) is 9.62 Å². The SMILES string of the molecule is CC1(COc2cc(F)c(C(=O)NS(C)(=O)=O)cc2C2CC2)CN(C(c2ccccc2)c2cc(Cl)cc(Cl)c2)C1.O=C(O)C(F)(F)F. The second kappa shape index (κ2) is 13.8. The van der Waals surface area contributed by atoms with Crippen LogP contribution >= 0.6 is 23.2 Å². The van der Waals surface area contributed by atoms with Crippen molar-refractivity contribution >= 4 is 45.1 Å². The molecule has 1 amide bonds. The Morgan fingerprint density at radius 2 is 1.61 bits per heavy atom. The van der Waals surface area contributed by atoms with Gasteiger partial charge in [-0.25, -0.2) is 22.3 Å². The predicted molar refractivity (Wildman–Crippen MR) is 164 cm³/mol. The van der Waals surface area contributed by atoms with Gasteiger partial charge in [-0.3, -0.25) is 9.69 Å². The Morgan fingerprint density at radius 1 is 1.04 bits per heavy atom. The lowest BCUT2D eigenvalue weighted by Gasteiger charge is -2.51. The van der Waals surface area contributed by atoms with E-state index in [1.165, 1.54) is 12.1 Å². The van der Waals surface area contributed by atoms with Crippen molar-refractivity contribution in [3.8, 4) is 5.75 Å². The van der Waals surface area contributed by atoms with Crippen LogP contribution in [0.1, 0.15) is 58.8 Å². The first-order valence-corrected chi connectivity index (χ1v) is 16.5. The molecule has 2 N–H and O–H groups in total. The number of benzene rings is 3. The number of amides is 1. The van der Waals surface area contributed by atoms with Gasteiger partial charge in [0.1, 0.15) is 11.6 Å². The van der Waals surface area contributed by atoms with Gasteiger partial charge in [0.25, 0.3) is 5.91 Å². The molecule has 1 saturated carbocycles. The van der Waals surface area contributed by atoms with Gasteiger partial charge in [-0.05, 0) is 59.7 Å². The van der Waals surface area contributed by atoms with E-state index in [1.54, 1.807) is 6.07 Å². The molecule has 1 saturated heterocycles. The molecule has 1 aliphatic carbocycles. The van der Waals surface area contributed by atoms with Crippen LogP contribution in [0.4, 0.5) is 17.6 Å². The van der Waals surface area contributed by atoms with Crippen LogP contribution in [0.15, 0.2) is 60.7 Å². The first-order valence-electron chi connectivity index (χ1n) is 13.9. The Kier molecular flexibility index (Phi) is 10.6. The number of rotatable bonds is 9. The third kappa shape index (κ3) is 9.34.